The summed E-state index contributed by atoms with van der Waals surface area (Å²) >= 11 is 0. The summed E-state index contributed by atoms with van der Waals surface area (Å²) in [6.07, 6.45) is 5.38. The monoisotopic (exact) mass is 379 g/mol. The molecular formula is C24H29NO3. The zero-order valence-corrected chi connectivity index (χ0v) is 16.5. The molecule has 0 amide bonds. The van der Waals surface area contributed by atoms with Crippen LogP contribution in [0.1, 0.15) is 66.8 Å². The van der Waals surface area contributed by atoms with E-state index in [1.807, 2.05) is 0 Å². The van der Waals surface area contributed by atoms with Crippen LogP contribution in [0.2, 0.25) is 0 Å². The Kier molecular flexibility index (Phi) is 5.67. The van der Waals surface area contributed by atoms with Gasteiger partial charge in [-0.25, -0.2) is 0 Å². The van der Waals surface area contributed by atoms with E-state index in [9.17, 15) is 4.79 Å². The van der Waals surface area contributed by atoms with Crippen molar-refractivity contribution < 1.29 is 14.6 Å². The molecule has 148 valence electrons. The fourth-order valence-corrected chi connectivity index (χ4v) is 4.57. The van der Waals surface area contributed by atoms with Crippen LogP contribution in [0, 0.1) is 0 Å². The van der Waals surface area contributed by atoms with Crippen molar-refractivity contribution in [3.63, 3.8) is 0 Å². The lowest BCUT2D eigenvalue weighted by Gasteiger charge is -2.21. The third-order valence-corrected chi connectivity index (χ3v) is 6.21. The Morgan fingerprint density at radius 2 is 2.04 bits per heavy atom. The highest BCUT2D eigenvalue weighted by Crippen LogP contribution is 2.36. The third kappa shape index (κ3) is 4.39. The smallest absolute Gasteiger partial charge is 0.303 e. The fraction of sp³-hybridized carbons (Fsp3) is 0.458. The minimum Gasteiger partial charge on any atom is -0.493 e. The molecule has 1 aliphatic carbocycles. The van der Waals surface area contributed by atoms with E-state index in [2.05, 4.69) is 54.7 Å². The number of aryl methyl sites for hydroxylation is 1. The van der Waals surface area contributed by atoms with Gasteiger partial charge in [-0.3, -0.25) is 4.79 Å². The average Bonchev–Trinajstić information content (AvgIpc) is 3.35. The maximum Gasteiger partial charge on any atom is 0.303 e. The van der Waals surface area contributed by atoms with Gasteiger partial charge in [-0.1, -0.05) is 36.4 Å². The second kappa shape index (κ2) is 8.36. The summed E-state index contributed by atoms with van der Waals surface area (Å²) in [6, 6.07) is 16.0. The molecule has 1 heterocycles. The number of ether oxygens (including phenoxy) is 1. The van der Waals surface area contributed by atoms with Gasteiger partial charge in [0.15, 0.2) is 0 Å². The Balaban J connectivity index is 1.32. The quantitative estimate of drug-likeness (QED) is 0.737. The van der Waals surface area contributed by atoms with Crippen LogP contribution in [0.5, 0.6) is 5.75 Å². The van der Waals surface area contributed by atoms with Gasteiger partial charge in [-0.2, -0.15) is 0 Å². The summed E-state index contributed by atoms with van der Waals surface area (Å²) in [4.78, 5) is 10.7. The number of aliphatic carboxylic acids is 1. The summed E-state index contributed by atoms with van der Waals surface area (Å²) in [5.41, 5.74) is 5.16. The molecule has 0 saturated heterocycles. The predicted molar refractivity (Wildman–Crippen MR) is 110 cm³/mol. The van der Waals surface area contributed by atoms with Crippen molar-refractivity contribution in [1.82, 2.24) is 5.32 Å². The largest absolute Gasteiger partial charge is 0.493 e. The van der Waals surface area contributed by atoms with Gasteiger partial charge in [0.25, 0.3) is 0 Å². The number of carboxylic acid groups (broad SMARTS) is 1. The normalized spacial score (nSPS) is 21.9. The first kappa shape index (κ1) is 19.0. The highest BCUT2D eigenvalue weighted by atomic mass is 16.5. The Morgan fingerprint density at radius 3 is 2.82 bits per heavy atom. The average molecular weight is 380 g/mol. The molecule has 0 aromatic heterocycles. The van der Waals surface area contributed by atoms with Crippen molar-refractivity contribution in [2.75, 3.05) is 6.61 Å². The van der Waals surface area contributed by atoms with Crippen LogP contribution in [0.4, 0.5) is 0 Å². The molecule has 1 aliphatic heterocycles. The van der Waals surface area contributed by atoms with Gasteiger partial charge in [0, 0.05) is 24.9 Å². The molecule has 0 unspecified atom stereocenters. The third-order valence-electron chi connectivity index (χ3n) is 6.21. The molecule has 0 spiro atoms. The first-order valence-corrected chi connectivity index (χ1v) is 10.4. The van der Waals surface area contributed by atoms with Crippen LogP contribution >= 0.6 is 0 Å². The summed E-state index contributed by atoms with van der Waals surface area (Å²) in [6.45, 7) is 3.06. The lowest BCUT2D eigenvalue weighted by molar-refractivity contribution is -0.136. The molecule has 4 rings (SSSR count). The molecule has 3 atom stereocenters. The van der Waals surface area contributed by atoms with E-state index in [4.69, 9.17) is 9.84 Å². The number of benzene rings is 2. The van der Waals surface area contributed by atoms with Gasteiger partial charge in [0.2, 0.25) is 0 Å². The van der Waals surface area contributed by atoms with Crippen LogP contribution < -0.4 is 10.1 Å². The Hall–Kier alpha value is -2.33. The minimum absolute atomic E-state index is 0.196. The zero-order valence-electron chi connectivity index (χ0n) is 16.5. The van der Waals surface area contributed by atoms with Crippen molar-refractivity contribution in [1.29, 1.82) is 0 Å². The SMILES string of the molecule is C[C@@H](N[C@H]1CC[C@H](c2ccc(CCC(=O)O)cc2)C1)c1ccc2c(c1)CCO2. The fourth-order valence-electron chi connectivity index (χ4n) is 4.57. The van der Waals surface area contributed by atoms with E-state index in [1.54, 1.807) is 0 Å². The van der Waals surface area contributed by atoms with E-state index < -0.39 is 5.97 Å². The highest BCUT2D eigenvalue weighted by molar-refractivity contribution is 5.67. The predicted octanol–water partition coefficient (Wildman–Crippen LogP) is 4.63. The van der Waals surface area contributed by atoms with Crippen LogP contribution in [-0.2, 0) is 17.6 Å². The number of hydrogen-bond acceptors (Lipinski definition) is 3. The van der Waals surface area contributed by atoms with Gasteiger partial charge in [-0.05, 0) is 66.8 Å². The number of carbonyl (C=O) groups is 1. The topological polar surface area (TPSA) is 58.6 Å². The Morgan fingerprint density at radius 1 is 1.21 bits per heavy atom. The Bertz CT molecular complexity index is 830. The first-order chi connectivity index (χ1) is 13.6. The number of rotatable bonds is 7. The Labute approximate surface area is 166 Å². The molecule has 28 heavy (non-hydrogen) atoms. The minimum atomic E-state index is -0.737. The van der Waals surface area contributed by atoms with Crippen LogP contribution in [-0.4, -0.2) is 23.7 Å². The molecule has 2 aromatic carbocycles. The van der Waals surface area contributed by atoms with E-state index in [0.717, 1.165) is 30.8 Å². The van der Waals surface area contributed by atoms with Crippen molar-refractivity contribution in [2.24, 2.45) is 0 Å². The summed E-state index contributed by atoms with van der Waals surface area (Å²) in [5, 5.41) is 12.6. The van der Waals surface area contributed by atoms with Gasteiger partial charge in [0.1, 0.15) is 5.75 Å². The second-order valence-corrected chi connectivity index (χ2v) is 8.20. The zero-order chi connectivity index (χ0) is 19.5. The van der Waals surface area contributed by atoms with Crippen molar-refractivity contribution in [2.45, 2.75) is 63.5 Å². The van der Waals surface area contributed by atoms with Crippen LogP contribution in [0.3, 0.4) is 0 Å². The van der Waals surface area contributed by atoms with Gasteiger partial charge in [-0.15, -0.1) is 0 Å². The summed E-state index contributed by atoms with van der Waals surface area (Å²) < 4.78 is 5.62. The molecule has 1 saturated carbocycles. The number of nitrogens with one attached hydrogen (secondary N) is 1. The van der Waals surface area contributed by atoms with Gasteiger partial charge >= 0.3 is 5.97 Å². The lowest BCUT2D eigenvalue weighted by Crippen LogP contribution is -2.29. The number of fused-ring (bicyclic) bond motifs is 1. The highest BCUT2D eigenvalue weighted by Gasteiger charge is 2.27. The van der Waals surface area contributed by atoms with E-state index in [0.29, 0.717) is 24.4 Å². The van der Waals surface area contributed by atoms with Crippen molar-refractivity contribution in [3.05, 3.63) is 64.7 Å². The maximum absolute atomic E-state index is 10.7. The number of hydrogen-bond donors (Lipinski definition) is 2. The molecule has 2 aromatic rings. The van der Waals surface area contributed by atoms with Crippen molar-refractivity contribution in [3.8, 4) is 5.75 Å². The van der Waals surface area contributed by atoms with Crippen LogP contribution in [0.25, 0.3) is 0 Å². The first-order valence-electron chi connectivity index (χ1n) is 10.4. The lowest BCUT2D eigenvalue weighted by atomic mass is 9.95. The maximum atomic E-state index is 10.7. The molecule has 0 bridgehead atoms. The molecule has 0 radical (unpaired) electrons. The number of carboxylic acids is 1. The molecule has 4 heteroatoms. The molecule has 2 aliphatic rings. The molecule has 4 nitrogen and oxygen atoms in total. The van der Waals surface area contributed by atoms with Crippen LogP contribution in [0.15, 0.2) is 42.5 Å². The summed E-state index contributed by atoms with van der Waals surface area (Å²) in [5.74, 6) is 0.897. The van der Waals surface area contributed by atoms with E-state index in [1.165, 1.54) is 29.5 Å². The molecule has 2 N–H and O–H groups in total. The summed E-state index contributed by atoms with van der Waals surface area (Å²) in [7, 11) is 0. The van der Waals surface area contributed by atoms with Crippen molar-refractivity contribution >= 4 is 5.97 Å². The molecular weight excluding hydrogens is 350 g/mol. The van der Waals surface area contributed by atoms with E-state index in [-0.39, 0.29) is 6.42 Å². The van der Waals surface area contributed by atoms with Gasteiger partial charge in [0.05, 0.1) is 6.61 Å². The van der Waals surface area contributed by atoms with E-state index >= 15 is 0 Å². The molecule has 1 fully saturated rings. The van der Waals surface area contributed by atoms with Gasteiger partial charge < -0.3 is 15.2 Å². The standard InChI is InChI=1S/C24H29NO3/c1-16(19-8-10-23-21(14-19)12-13-28-23)25-22-9-7-20(15-22)18-5-2-17(3-6-18)4-11-24(26)27/h2-3,5-6,8,10,14,16,20,22,25H,4,7,9,11-13,15H2,1H3,(H,26,27)/t16-,20+,22+/m1/s1. The second-order valence-electron chi connectivity index (χ2n) is 8.20.